The van der Waals surface area contributed by atoms with Crippen molar-refractivity contribution in [3.63, 3.8) is 0 Å². The molecule has 0 aliphatic carbocycles. The molecule has 0 heterocycles. The number of nitrogens with one attached hydrogen (secondary N) is 2. The Kier molecular flexibility index (Phi) is 5.66. The average molecular weight is 302 g/mol. The minimum atomic E-state index is -0.293. The maximum atomic E-state index is 12.0. The molecule has 3 N–H and O–H groups in total. The number of hydrogen-bond donors (Lipinski definition) is 3. The summed E-state index contributed by atoms with van der Waals surface area (Å²) < 4.78 is 0. The van der Waals surface area contributed by atoms with E-state index in [0.29, 0.717) is 12.1 Å². The summed E-state index contributed by atoms with van der Waals surface area (Å²) in [7, 11) is 0. The number of para-hydroxylation sites is 1. The molecular formula is C16H18N2O2S. The van der Waals surface area contributed by atoms with Crippen LogP contribution in [-0.4, -0.2) is 24.0 Å². The van der Waals surface area contributed by atoms with Crippen molar-refractivity contribution in [1.29, 1.82) is 0 Å². The quantitative estimate of drug-likeness (QED) is 0.740. The molecule has 110 valence electrons. The highest BCUT2D eigenvalue weighted by atomic mass is 32.2. The van der Waals surface area contributed by atoms with Crippen LogP contribution in [0.2, 0.25) is 0 Å². The van der Waals surface area contributed by atoms with Crippen LogP contribution in [0, 0.1) is 0 Å². The zero-order valence-corrected chi connectivity index (χ0v) is 12.6. The highest BCUT2D eigenvalue weighted by Crippen LogP contribution is 2.20. The van der Waals surface area contributed by atoms with Gasteiger partial charge in [0.2, 0.25) is 0 Å². The van der Waals surface area contributed by atoms with Crippen molar-refractivity contribution in [1.82, 2.24) is 0 Å². The van der Waals surface area contributed by atoms with E-state index in [2.05, 4.69) is 10.6 Å². The largest absolute Gasteiger partial charge is 0.396 e. The van der Waals surface area contributed by atoms with Crippen molar-refractivity contribution in [3.8, 4) is 0 Å². The molecule has 0 fully saturated rings. The molecule has 2 rings (SSSR count). The Balaban J connectivity index is 2.04. The normalized spacial score (nSPS) is 10.2. The van der Waals surface area contributed by atoms with Crippen molar-refractivity contribution >= 4 is 29.2 Å². The predicted molar refractivity (Wildman–Crippen MR) is 88.1 cm³/mol. The second-order valence-electron chi connectivity index (χ2n) is 4.44. The summed E-state index contributed by atoms with van der Waals surface area (Å²) in [5.74, 6) is 0. The Bertz CT molecular complexity index is 617. The van der Waals surface area contributed by atoms with Gasteiger partial charge in [-0.3, -0.25) is 0 Å². The molecule has 0 saturated heterocycles. The molecule has 0 spiro atoms. The number of carbonyl (C=O) groups is 1. The Labute approximate surface area is 128 Å². The Morgan fingerprint density at radius 2 is 1.95 bits per heavy atom. The molecule has 0 radical (unpaired) electrons. The first kappa shape index (κ1) is 15.4. The lowest BCUT2D eigenvalue weighted by Gasteiger charge is -2.11. The number of amides is 2. The number of urea groups is 1. The van der Waals surface area contributed by atoms with E-state index in [1.807, 2.05) is 54.8 Å². The zero-order chi connectivity index (χ0) is 15.1. The van der Waals surface area contributed by atoms with Crippen LogP contribution in [0.4, 0.5) is 16.2 Å². The van der Waals surface area contributed by atoms with Gasteiger partial charge in [0.1, 0.15) is 0 Å². The molecule has 0 aromatic heterocycles. The number of benzene rings is 2. The van der Waals surface area contributed by atoms with Gasteiger partial charge in [-0.05, 0) is 42.5 Å². The maximum Gasteiger partial charge on any atom is 0.323 e. The summed E-state index contributed by atoms with van der Waals surface area (Å²) in [6, 6.07) is 14.8. The van der Waals surface area contributed by atoms with Crippen molar-refractivity contribution in [2.24, 2.45) is 0 Å². The highest BCUT2D eigenvalue weighted by molar-refractivity contribution is 7.98. The van der Waals surface area contributed by atoms with E-state index in [0.717, 1.165) is 16.1 Å². The van der Waals surface area contributed by atoms with E-state index in [1.54, 1.807) is 11.8 Å². The van der Waals surface area contributed by atoms with E-state index in [-0.39, 0.29) is 12.6 Å². The van der Waals surface area contributed by atoms with E-state index in [4.69, 9.17) is 5.11 Å². The molecular weight excluding hydrogens is 284 g/mol. The van der Waals surface area contributed by atoms with E-state index >= 15 is 0 Å². The van der Waals surface area contributed by atoms with Crippen LogP contribution in [0.1, 0.15) is 5.56 Å². The fourth-order valence-corrected chi connectivity index (χ4v) is 2.43. The van der Waals surface area contributed by atoms with Crippen LogP contribution in [0.5, 0.6) is 0 Å². The first-order valence-corrected chi connectivity index (χ1v) is 7.86. The lowest BCUT2D eigenvalue weighted by Crippen LogP contribution is -2.20. The smallest absolute Gasteiger partial charge is 0.323 e. The van der Waals surface area contributed by atoms with E-state index < -0.39 is 0 Å². The summed E-state index contributed by atoms with van der Waals surface area (Å²) in [6.45, 7) is 0.0517. The Morgan fingerprint density at radius 1 is 1.14 bits per heavy atom. The van der Waals surface area contributed by atoms with Crippen molar-refractivity contribution < 1.29 is 9.90 Å². The van der Waals surface area contributed by atoms with Crippen LogP contribution in [0.3, 0.4) is 0 Å². The van der Waals surface area contributed by atoms with Gasteiger partial charge < -0.3 is 15.7 Å². The average Bonchev–Trinajstić information content (AvgIpc) is 2.49. The lowest BCUT2D eigenvalue weighted by atomic mass is 10.1. The minimum Gasteiger partial charge on any atom is -0.396 e. The molecule has 2 aromatic carbocycles. The topological polar surface area (TPSA) is 61.4 Å². The minimum absolute atomic E-state index is 0.0517. The fourth-order valence-electron chi connectivity index (χ4n) is 1.97. The molecule has 4 nitrogen and oxygen atoms in total. The summed E-state index contributed by atoms with van der Waals surface area (Å²) in [6.07, 6.45) is 2.50. The van der Waals surface area contributed by atoms with Crippen LogP contribution in [0.25, 0.3) is 0 Å². The van der Waals surface area contributed by atoms with Gasteiger partial charge in [0.15, 0.2) is 0 Å². The third-order valence-electron chi connectivity index (χ3n) is 2.97. The molecule has 21 heavy (non-hydrogen) atoms. The lowest BCUT2D eigenvalue weighted by molar-refractivity contribution is 0.262. The number of aliphatic hydroxyl groups excluding tert-OH is 1. The van der Waals surface area contributed by atoms with Gasteiger partial charge in [0, 0.05) is 22.9 Å². The van der Waals surface area contributed by atoms with Gasteiger partial charge in [-0.2, -0.15) is 0 Å². The monoisotopic (exact) mass is 302 g/mol. The fraction of sp³-hybridized carbons (Fsp3) is 0.188. The summed E-state index contributed by atoms with van der Waals surface area (Å²) in [5.41, 5.74) is 2.37. The van der Waals surface area contributed by atoms with Gasteiger partial charge in [-0.25, -0.2) is 4.79 Å². The first-order chi connectivity index (χ1) is 10.2. The van der Waals surface area contributed by atoms with Crippen molar-refractivity contribution in [2.75, 3.05) is 23.5 Å². The summed E-state index contributed by atoms with van der Waals surface area (Å²) >= 11 is 1.62. The van der Waals surface area contributed by atoms with Gasteiger partial charge in [0.25, 0.3) is 0 Å². The van der Waals surface area contributed by atoms with Crippen LogP contribution in [0.15, 0.2) is 53.4 Å². The number of rotatable bonds is 5. The maximum absolute atomic E-state index is 12.0. The van der Waals surface area contributed by atoms with Crippen LogP contribution < -0.4 is 10.6 Å². The molecule has 0 aliphatic rings. The Morgan fingerprint density at radius 3 is 2.71 bits per heavy atom. The number of anilines is 2. The molecule has 0 saturated carbocycles. The standard InChI is InChI=1S/C16H18N2O2S/c1-21-14-7-4-6-13(11-14)17-16(20)18-15-8-3-2-5-12(15)9-10-19/h2-8,11,19H,9-10H2,1H3,(H2,17,18,20). The molecule has 0 aliphatic heterocycles. The SMILES string of the molecule is CSc1cccc(NC(=O)Nc2ccccc2CCO)c1. The Hall–Kier alpha value is -1.98. The van der Waals surface area contributed by atoms with E-state index in [1.165, 1.54) is 0 Å². The highest BCUT2D eigenvalue weighted by Gasteiger charge is 2.06. The number of thioether (sulfide) groups is 1. The molecule has 0 unspecified atom stereocenters. The van der Waals surface area contributed by atoms with E-state index in [9.17, 15) is 4.79 Å². The first-order valence-electron chi connectivity index (χ1n) is 6.63. The van der Waals surface area contributed by atoms with Crippen LogP contribution >= 0.6 is 11.8 Å². The van der Waals surface area contributed by atoms with Crippen molar-refractivity contribution in [3.05, 3.63) is 54.1 Å². The second-order valence-corrected chi connectivity index (χ2v) is 5.32. The van der Waals surface area contributed by atoms with Crippen molar-refractivity contribution in [2.45, 2.75) is 11.3 Å². The van der Waals surface area contributed by atoms with Gasteiger partial charge in [-0.1, -0.05) is 24.3 Å². The van der Waals surface area contributed by atoms with Crippen LogP contribution in [-0.2, 0) is 6.42 Å². The summed E-state index contributed by atoms with van der Waals surface area (Å²) in [4.78, 5) is 13.1. The number of carbonyl (C=O) groups excluding carboxylic acids is 1. The molecule has 0 atom stereocenters. The van der Waals surface area contributed by atoms with Gasteiger partial charge >= 0.3 is 6.03 Å². The predicted octanol–water partition coefficient (Wildman–Crippen LogP) is 3.59. The van der Waals surface area contributed by atoms with Gasteiger partial charge in [-0.15, -0.1) is 11.8 Å². The third kappa shape index (κ3) is 4.51. The van der Waals surface area contributed by atoms with Gasteiger partial charge in [0.05, 0.1) is 0 Å². The zero-order valence-electron chi connectivity index (χ0n) is 11.8. The molecule has 5 heteroatoms. The molecule has 2 amide bonds. The molecule has 2 aromatic rings. The third-order valence-corrected chi connectivity index (χ3v) is 3.70. The number of hydrogen-bond acceptors (Lipinski definition) is 3. The summed E-state index contributed by atoms with van der Waals surface area (Å²) in [5, 5.41) is 14.7. The molecule has 0 bridgehead atoms. The second kappa shape index (κ2) is 7.71. The number of aliphatic hydroxyl groups is 1.